The molecule has 0 unspecified atom stereocenters. The fraction of sp³-hybridized carbons (Fsp3) is 0.625. The number of fused-ring (bicyclic) bond motifs is 1. The predicted octanol–water partition coefficient (Wildman–Crippen LogP) is 3.32. The van der Waals surface area contributed by atoms with Gasteiger partial charge in [0.25, 0.3) is 5.91 Å². The Morgan fingerprint density at radius 3 is 2.49 bits per heavy atom. The van der Waals surface area contributed by atoms with Crippen LogP contribution in [0.3, 0.4) is 0 Å². The number of amides is 3. The normalized spacial score (nSPS) is 24.1. The fourth-order valence-electron chi connectivity index (χ4n) is 4.11. The Balaban J connectivity index is 1.91. The van der Waals surface area contributed by atoms with E-state index in [-0.39, 0.29) is 60.0 Å². The third-order valence-corrected chi connectivity index (χ3v) is 6.30. The number of methoxy groups -OCH3 is 1. The van der Waals surface area contributed by atoms with Crippen LogP contribution in [0.4, 0.5) is 18.9 Å². The van der Waals surface area contributed by atoms with Gasteiger partial charge >= 0.3 is 6.18 Å². The minimum absolute atomic E-state index is 0.0259. The summed E-state index contributed by atoms with van der Waals surface area (Å²) in [6.45, 7) is 4.63. The summed E-state index contributed by atoms with van der Waals surface area (Å²) >= 11 is 0. The van der Waals surface area contributed by atoms with Gasteiger partial charge in [0.15, 0.2) is 0 Å². The van der Waals surface area contributed by atoms with Crippen LogP contribution in [0.2, 0.25) is 0 Å². The van der Waals surface area contributed by atoms with E-state index in [1.54, 1.807) is 14.2 Å². The van der Waals surface area contributed by atoms with E-state index in [9.17, 15) is 27.6 Å². The maximum absolute atomic E-state index is 13.3. The van der Waals surface area contributed by atoms with Gasteiger partial charge in [-0.2, -0.15) is 13.2 Å². The van der Waals surface area contributed by atoms with Crippen LogP contribution in [0.15, 0.2) is 18.2 Å². The molecule has 194 valence electrons. The highest BCUT2D eigenvalue weighted by molar-refractivity contribution is 5.99. The largest absolute Gasteiger partial charge is 0.491 e. The molecular weight excluding hydrogens is 467 g/mol. The molecule has 2 aliphatic rings. The van der Waals surface area contributed by atoms with Gasteiger partial charge in [0.05, 0.1) is 17.7 Å². The van der Waals surface area contributed by atoms with E-state index in [0.29, 0.717) is 6.54 Å². The van der Waals surface area contributed by atoms with Gasteiger partial charge in [-0.05, 0) is 38.0 Å². The standard InChI is InChI=1S/C24H32F3N3O5/c1-14-11-30(22(32)16-5-6-16)15(2)13-35-19-8-7-17(28-21(31)10-24(25,26)27)9-18(19)23(33)29(3)12-20(14)34-4/h7-9,14-16,20H,5-6,10-13H2,1-4H3,(H,28,31)/t14-,15+,20+/m0/s1. The minimum Gasteiger partial charge on any atom is -0.491 e. The maximum Gasteiger partial charge on any atom is 0.397 e. The van der Waals surface area contributed by atoms with Gasteiger partial charge in [-0.1, -0.05) is 6.92 Å². The first-order valence-corrected chi connectivity index (χ1v) is 11.6. The van der Waals surface area contributed by atoms with Crippen LogP contribution in [-0.2, 0) is 14.3 Å². The third kappa shape index (κ3) is 7.09. The molecule has 3 atom stereocenters. The molecule has 1 aliphatic heterocycles. The summed E-state index contributed by atoms with van der Waals surface area (Å²) in [6.07, 6.45) is -4.90. The Morgan fingerprint density at radius 1 is 1.20 bits per heavy atom. The van der Waals surface area contributed by atoms with Crippen molar-refractivity contribution in [2.45, 2.75) is 51.4 Å². The molecule has 0 spiro atoms. The second-order valence-corrected chi connectivity index (χ2v) is 9.41. The maximum atomic E-state index is 13.3. The molecule has 1 N–H and O–H groups in total. The van der Waals surface area contributed by atoms with Gasteiger partial charge < -0.3 is 24.6 Å². The molecule has 3 amide bonds. The molecule has 8 nitrogen and oxygen atoms in total. The molecule has 11 heteroatoms. The Bertz CT molecular complexity index is 951. The first kappa shape index (κ1) is 26.8. The summed E-state index contributed by atoms with van der Waals surface area (Å²) in [4.78, 5) is 41.3. The number of nitrogens with zero attached hydrogens (tertiary/aromatic N) is 2. The van der Waals surface area contributed by atoms with E-state index in [1.807, 2.05) is 18.7 Å². The summed E-state index contributed by atoms with van der Waals surface area (Å²) in [6, 6.07) is 3.84. The van der Waals surface area contributed by atoms with Crippen LogP contribution < -0.4 is 10.1 Å². The molecule has 3 rings (SSSR count). The number of nitrogens with one attached hydrogen (secondary N) is 1. The Kier molecular flexibility index (Phi) is 8.30. The van der Waals surface area contributed by atoms with Crippen molar-refractivity contribution in [2.24, 2.45) is 11.8 Å². The monoisotopic (exact) mass is 499 g/mol. The van der Waals surface area contributed by atoms with Crippen molar-refractivity contribution >= 4 is 23.4 Å². The number of rotatable bonds is 4. The lowest BCUT2D eigenvalue weighted by Gasteiger charge is -2.36. The quantitative estimate of drug-likeness (QED) is 0.687. The molecule has 0 bridgehead atoms. The van der Waals surface area contributed by atoms with Gasteiger partial charge in [-0.15, -0.1) is 0 Å². The van der Waals surface area contributed by atoms with Crippen molar-refractivity contribution in [3.05, 3.63) is 23.8 Å². The zero-order valence-corrected chi connectivity index (χ0v) is 20.4. The molecular formula is C24H32F3N3O5. The molecule has 0 radical (unpaired) electrons. The highest BCUT2D eigenvalue weighted by Crippen LogP contribution is 2.33. The van der Waals surface area contributed by atoms with E-state index < -0.39 is 24.4 Å². The number of carbonyl (C=O) groups is 3. The lowest BCUT2D eigenvalue weighted by molar-refractivity contribution is -0.150. The fourth-order valence-corrected chi connectivity index (χ4v) is 4.11. The first-order valence-electron chi connectivity index (χ1n) is 11.6. The van der Waals surface area contributed by atoms with Crippen molar-refractivity contribution in [1.29, 1.82) is 0 Å². The number of likely N-dealkylation sites (N-methyl/N-ethyl adjacent to an activating group) is 1. The van der Waals surface area contributed by atoms with E-state index in [2.05, 4.69) is 5.32 Å². The van der Waals surface area contributed by atoms with E-state index in [1.165, 1.54) is 23.1 Å². The zero-order valence-electron chi connectivity index (χ0n) is 20.4. The molecule has 1 saturated carbocycles. The first-order chi connectivity index (χ1) is 16.4. The third-order valence-electron chi connectivity index (χ3n) is 6.30. The van der Waals surface area contributed by atoms with Crippen molar-refractivity contribution in [3.8, 4) is 5.75 Å². The number of hydrogen-bond donors (Lipinski definition) is 1. The summed E-state index contributed by atoms with van der Waals surface area (Å²) < 4.78 is 49.2. The molecule has 0 aromatic heterocycles. The highest BCUT2D eigenvalue weighted by Gasteiger charge is 2.37. The number of halogens is 3. The molecule has 35 heavy (non-hydrogen) atoms. The van der Waals surface area contributed by atoms with Crippen molar-refractivity contribution in [1.82, 2.24) is 9.80 Å². The van der Waals surface area contributed by atoms with E-state index >= 15 is 0 Å². The lowest BCUT2D eigenvalue weighted by atomic mass is 10.0. The second kappa shape index (κ2) is 10.8. The highest BCUT2D eigenvalue weighted by atomic mass is 19.4. The van der Waals surface area contributed by atoms with Crippen LogP contribution in [0, 0.1) is 11.8 Å². The van der Waals surface area contributed by atoms with Crippen LogP contribution in [0.25, 0.3) is 0 Å². The van der Waals surface area contributed by atoms with E-state index in [0.717, 1.165) is 12.8 Å². The lowest BCUT2D eigenvalue weighted by Crippen LogP contribution is -2.49. The summed E-state index contributed by atoms with van der Waals surface area (Å²) in [5, 5.41) is 2.18. The molecule has 1 heterocycles. The van der Waals surface area contributed by atoms with Crippen LogP contribution in [-0.4, -0.2) is 79.7 Å². The number of ether oxygens (including phenoxy) is 2. The Hall–Kier alpha value is -2.82. The predicted molar refractivity (Wildman–Crippen MR) is 122 cm³/mol. The minimum atomic E-state index is -4.65. The topological polar surface area (TPSA) is 88.2 Å². The molecule has 1 aromatic carbocycles. The van der Waals surface area contributed by atoms with Crippen LogP contribution in [0.1, 0.15) is 43.5 Å². The van der Waals surface area contributed by atoms with Gasteiger partial charge in [-0.3, -0.25) is 14.4 Å². The number of benzene rings is 1. The van der Waals surface area contributed by atoms with Gasteiger partial charge in [-0.25, -0.2) is 0 Å². The van der Waals surface area contributed by atoms with Crippen molar-refractivity contribution in [2.75, 3.05) is 39.2 Å². The Morgan fingerprint density at radius 2 is 1.89 bits per heavy atom. The number of carbonyl (C=O) groups excluding carboxylic acids is 3. The second-order valence-electron chi connectivity index (χ2n) is 9.41. The van der Waals surface area contributed by atoms with Crippen LogP contribution in [0.5, 0.6) is 5.75 Å². The van der Waals surface area contributed by atoms with Gasteiger partial charge in [0.1, 0.15) is 18.8 Å². The SMILES string of the molecule is CO[C@@H]1CN(C)C(=O)c2cc(NC(=O)CC(F)(F)F)ccc2OC[C@@H](C)N(C(=O)C2CC2)C[C@@H]1C. The van der Waals surface area contributed by atoms with Crippen LogP contribution >= 0.6 is 0 Å². The van der Waals surface area contributed by atoms with Crippen molar-refractivity contribution in [3.63, 3.8) is 0 Å². The average molecular weight is 500 g/mol. The molecule has 0 saturated heterocycles. The number of hydrogen-bond acceptors (Lipinski definition) is 5. The van der Waals surface area contributed by atoms with Crippen molar-refractivity contribution < 1.29 is 37.0 Å². The van der Waals surface area contributed by atoms with Gasteiger partial charge in [0.2, 0.25) is 11.8 Å². The summed E-state index contributed by atoms with van der Waals surface area (Å²) in [5.41, 5.74) is 0.137. The van der Waals surface area contributed by atoms with Gasteiger partial charge in [0, 0.05) is 44.8 Å². The summed E-state index contributed by atoms with van der Waals surface area (Å²) in [5.74, 6) is -1.43. The smallest absolute Gasteiger partial charge is 0.397 e. The molecule has 1 aliphatic carbocycles. The summed E-state index contributed by atoms with van der Waals surface area (Å²) in [7, 11) is 3.13. The number of anilines is 1. The molecule has 1 fully saturated rings. The average Bonchev–Trinajstić information content (AvgIpc) is 3.62. The Labute approximate surface area is 202 Å². The molecule has 1 aromatic rings. The number of alkyl halides is 3. The van der Waals surface area contributed by atoms with E-state index in [4.69, 9.17) is 9.47 Å². The zero-order chi connectivity index (χ0) is 25.9.